The average molecular weight is 1080 g/mol. The molecule has 4 atom stereocenters. The molecular formula is C62H50N2O12S2. The largest absolute Gasteiger partial charge is 0.459 e. The maximum absolute atomic E-state index is 15.6. The van der Waals surface area contributed by atoms with Gasteiger partial charge in [-0.3, -0.25) is 38.4 Å². The van der Waals surface area contributed by atoms with Crippen molar-refractivity contribution >= 4 is 103 Å². The van der Waals surface area contributed by atoms with Crippen molar-refractivity contribution in [3.8, 4) is 0 Å². The first-order valence-electron chi connectivity index (χ1n) is 26.2. The molecule has 6 aromatic rings. The summed E-state index contributed by atoms with van der Waals surface area (Å²) in [5, 5.41) is 0. The van der Waals surface area contributed by atoms with E-state index in [9.17, 15) is 19.2 Å². The van der Waals surface area contributed by atoms with Crippen LogP contribution in [0.5, 0.6) is 0 Å². The van der Waals surface area contributed by atoms with Gasteiger partial charge in [0.1, 0.15) is 37.9 Å². The molecule has 2 heterocycles. The molecule has 14 nitrogen and oxygen atoms in total. The number of aliphatic imine (C=N–C) groups is 2. The van der Waals surface area contributed by atoms with E-state index in [0.29, 0.717) is 47.9 Å². The van der Waals surface area contributed by atoms with Gasteiger partial charge in [0.05, 0.1) is 20.8 Å². The van der Waals surface area contributed by atoms with E-state index in [2.05, 4.69) is 0 Å². The minimum atomic E-state index is -2.59. The zero-order valence-electron chi connectivity index (χ0n) is 42.1. The molecule has 0 radical (unpaired) electrons. The van der Waals surface area contributed by atoms with Crippen molar-refractivity contribution < 1.29 is 57.3 Å². The third kappa shape index (κ3) is 8.43. The van der Waals surface area contributed by atoms with Crippen molar-refractivity contribution in [1.29, 1.82) is 0 Å². The number of nitrogens with zero attached hydrogens (tertiary/aromatic N) is 2. The Bertz CT molecular complexity index is 3210. The number of rotatable bonds is 14. The highest BCUT2D eigenvalue weighted by Gasteiger charge is 2.65. The smallest absolute Gasteiger partial charge is 0.334 e. The lowest BCUT2D eigenvalue weighted by Gasteiger charge is -2.28. The van der Waals surface area contributed by atoms with Gasteiger partial charge in [0.25, 0.3) is 0 Å². The number of fused-ring (bicyclic) bond motifs is 7. The van der Waals surface area contributed by atoms with Gasteiger partial charge in [0.2, 0.25) is 10.8 Å². The molecule has 6 aliphatic rings. The molecular weight excluding hydrogens is 1030 g/mol. The lowest BCUT2D eigenvalue weighted by molar-refractivity contribution is -0.166. The number of ether oxygens (including phenoxy) is 4. The van der Waals surface area contributed by atoms with E-state index >= 15 is 19.2 Å². The van der Waals surface area contributed by atoms with Crippen LogP contribution in [0.3, 0.4) is 0 Å². The Balaban J connectivity index is 1.08. The number of Topliss-reactive ketones (excluding diaryl/α,β-unsaturated/α-hetero) is 4. The van der Waals surface area contributed by atoms with Crippen LogP contribution in [-0.4, -0.2) is 58.4 Å². The third-order valence-corrected chi connectivity index (χ3v) is 18.4. The Morgan fingerprint density at radius 2 is 0.667 bits per heavy atom. The molecule has 16 heteroatoms. The average Bonchev–Trinajstić information content (AvgIpc) is 3.85. The Labute approximate surface area is 455 Å². The highest BCUT2D eigenvalue weighted by molar-refractivity contribution is 7.29. The fraction of sp³-hybridized carbons (Fsp3) is 0.290. The van der Waals surface area contributed by atoms with Crippen molar-refractivity contribution in [2.75, 3.05) is 0 Å². The molecule has 4 aromatic carbocycles. The second kappa shape index (κ2) is 20.7. The molecule has 0 bridgehead atoms. The van der Waals surface area contributed by atoms with Crippen LogP contribution in [0, 0.1) is 23.7 Å². The Kier molecular flexibility index (Phi) is 13.5. The lowest BCUT2D eigenvalue weighted by Crippen LogP contribution is -2.46. The van der Waals surface area contributed by atoms with E-state index in [1.54, 1.807) is 121 Å². The van der Waals surface area contributed by atoms with E-state index in [-0.39, 0.29) is 79.5 Å². The van der Waals surface area contributed by atoms with Crippen molar-refractivity contribution in [3.05, 3.63) is 176 Å². The standard InChI is InChI=1S/C62H50N2O12S2/c65-51-39-25-13-14-26-40(39)52(66)49(51)63-45-29-43-47(61(45,57(69)73-31-35-17-5-1-6-18-35)58(70)74-32-36-19-7-2-8-20-36)55-56(77-43)48-44(78-55)30-46(64-50-53(67)41-27-15-16-28-42(41)54(50)68)62(48,59(71)75-33-37-21-9-3-10-22-37)60(72)76-34-38-23-11-4-12-24-38/h1-12,17-24,29-30,39-42H,13-16,25-28,31-34H2. The maximum atomic E-state index is 15.6. The Hall–Kier alpha value is -8.08. The van der Waals surface area contributed by atoms with Crippen LogP contribution in [0.4, 0.5) is 0 Å². The summed E-state index contributed by atoms with van der Waals surface area (Å²) in [6.45, 7) is -1.17. The summed E-state index contributed by atoms with van der Waals surface area (Å²) < 4.78 is 25.1. The maximum Gasteiger partial charge on any atom is 0.334 e. The zero-order chi connectivity index (χ0) is 53.7. The number of hydrogen-bond acceptors (Lipinski definition) is 16. The van der Waals surface area contributed by atoms with Gasteiger partial charge < -0.3 is 18.9 Å². The first-order valence-corrected chi connectivity index (χ1v) is 27.9. The Morgan fingerprint density at radius 1 is 0.410 bits per heavy atom. The molecule has 0 spiro atoms. The van der Waals surface area contributed by atoms with Gasteiger partial charge in [0, 0.05) is 44.6 Å². The minimum absolute atomic E-state index is 0.0448. The molecule has 0 amide bonds. The summed E-state index contributed by atoms with van der Waals surface area (Å²) >= 11 is 2.05. The van der Waals surface area contributed by atoms with Crippen LogP contribution >= 0.6 is 22.7 Å². The number of carbonyl (C=O) groups excluding carboxylic acids is 8. The summed E-state index contributed by atoms with van der Waals surface area (Å²) in [6, 6.07) is 35.3. The SMILES string of the molecule is O=C1C(=NC2=Cc3sc4c5c(sc4c3C2(C(=O)OCc2ccccc2)C(=O)OCc2ccccc2)C=C(N=C2C(=O)C3CCCCC3C2=O)C5(C(=O)OCc2ccccc2)C(=O)OCc2ccccc2)C(=O)C2CCCCC12. The molecule has 78 heavy (non-hydrogen) atoms. The molecule has 6 aliphatic carbocycles. The Morgan fingerprint density at radius 3 is 0.923 bits per heavy atom. The predicted molar refractivity (Wildman–Crippen MR) is 290 cm³/mol. The highest BCUT2D eigenvalue weighted by atomic mass is 32.1. The molecule has 0 saturated heterocycles. The van der Waals surface area contributed by atoms with Gasteiger partial charge in [-0.15, -0.1) is 22.7 Å². The normalized spacial score (nSPS) is 21.5. The number of esters is 4. The molecule has 4 fully saturated rings. The predicted octanol–water partition coefficient (Wildman–Crippen LogP) is 9.92. The van der Waals surface area contributed by atoms with Crippen molar-refractivity contribution in [2.24, 2.45) is 33.7 Å². The van der Waals surface area contributed by atoms with Crippen molar-refractivity contribution in [1.82, 2.24) is 0 Å². The molecule has 0 N–H and O–H groups in total. The fourth-order valence-electron chi connectivity index (χ4n) is 12.1. The highest BCUT2D eigenvalue weighted by Crippen LogP contribution is 2.60. The monoisotopic (exact) mass is 1080 g/mol. The summed E-state index contributed by atoms with van der Waals surface area (Å²) in [4.78, 5) is 130. The summed E-state index contributed by atoms with van der Waals surface area (Å²) in [5.41, 5.74) is -3.97. The van der Waals surface area contributed by atoms with Gasteiger partial charge in [0.15, 0.2) is 23.1 Å². The molecule has 392 valence electrons. The second-order valence-electron chi connectivity index (χ2n) is 20.5. The number of benzene rings is 4. The third-order valence-electron chi connectivity index (χ3n) is 16.0. The van der Waals surface area contributed by atoms with Gasteiger partial charge in [-0.25, -0.2) is 9.98 Å². The van der Waals surface area contributed by atoms with Crippen LogP contribution in [0.15, 0.2) is 143 Å². The number of thiophene rings is 2. The van der Waals surface area contributed by atoms with Gasteiger partial charge in [-0.1, -0.05) is 147 Å². The van der Waals surface area contributed by atoms with E-state index in [0.717, 1.165) is 48.4 Å². The molecule has 0 aliphatic heterocycles. The quantitative estimate of drug-likeness (QED) is 0.0569. The van der Waals surface area contributed by atoms with Crippen LogP contribution < -0.4 is 0 Å². The van der Waals surface area contributed by atoms with E-state index in [4.69, 9.17) is 28.9 Å². The van der Waals surface area contributed by atoms with Crippen LogP contribution in [0.2, 0.25) is 0 Å². The first-order chi connectivity index (χ1) is 38.0. The van der Waals surface area contributed by atoms with Gasteiger partial charge in [-0.05, 0) is 60.1 Å². The number of hydrogen-bond donors (Lipinski definition) is 0. The molecule has 2 aromatic heterocycles. The van der Waals surface area contributed by atoms with Gasteiger partial charge in [-0.2, -0.15) is 0 Å². The van der Waals surface area contributed by atoms with Crippen LogP contribution in [0.25, 0.3) is 21.6 Å². The van der Waals surface area contributed by atoms with E-state index in [1.165, 1.54) is 12.2 Å². The molecule has 12 rings (SSSR count). The minimum Gasteiger partial charge on any atom is -0.459 e. The number of carbonyl (C=O) groups is 8. The van der Waals surface area contributed by atoms with E-state index in [1.807, 2.05) is 0 Å². The summed E-state index contributed by atoms with van der Waals surface area (Å²) in [6.07, 6.45) is 7.96. The van der Waals surface area contributed by atoms with E-state index < -0.39 is 81.5 Å². The van der Waals surface area contributed by atoms with Crippen LogP contribution in [-0.2, 0) is 94.6 Å². The van der Waals surface area contributed by atoms with Gasteiger partial charge >= 0.3 is 23.9 Å². The number of ketones is 4. The lowest BCUT2D eigenvalue weighted by atomic mass is 9.79. The van der Waals surface area contributed by atoms with Crippen molar-refractivity contribution in [3.63, 3.8) is 0 Å². The van der Waals surface area contributed by atoms with Crippen LogP contribution in [0.1, 0.15) is 94.5 Å². The molecule has 4 saturated carbocycles. The zero-order valence-corrected chi connectivity index (χ0v) is 43.7. The topological polar surface area (TPSA) is 198 Å². The summed E-state index contributed by atoms with van der Waals surface area (Å²) in [7, 11) is 0. The summed E-state index contributed by atoms with van der Waals surface area (Å²) in [5.74, 6) is -8.63. The second-order valence-corrected chi connectivity index (χ2v) is 22.6. The first kappa shape index (κ1) is 50.7. The fourth-order valence-corrected chi connectivity index (χ4v) is 15.1. The molecule has 4 unspecified atom stereocenters. The van der Waals surface area contributed by atoms with Crippen molar-refractivity contribution in [2.45, 2.75) is 88.6 Å².